The maximum absolute atomic E-state index is 11.8. The Morgan fingerprint density at radius 3 is 2.30 bits per heavy atom. The van der Waals surface area contributed by atoms with E-state index in [2.05, 4.69) is 10.9 Å². The van der Waals surface area contributed by atoms with Gasteiger partial charge in [-0.15, -0.1) is 0 Å². The molecule has 20 heavy (non-hydrogen) atoms. The zero-order valence-electron chi connectivity index (χ0n) is 11.6. The summed E-state index contributed by atoms with van der Waals surface area (Å²) in [6.45, 7) is 0. The summed E-state index contributed by atoms with van der Waals surface area (Å²) in [5.74, 6) is -0.313. The van der Waals surface area contributed by atoms with E-state index in [9.17, 15) is 18.0 Å². The molecule has 0 bridgehead atoms. The number of carbonyl (C=O) groups excluding carboxylic acids is 2. The fourth-order valence-electron chi connectivity index (χ4n) is 2.94. The summed E-state index contributed by atoms with van der Waals surface area (Å²) < 4.78 is 22.6. The molecular formula is C13H22N2O4S. The zero-order valence-corrected chi connectivity index (χ0v) is 12.4. The van der Waals surface area contributed by atoms with Gasteiger partial charge in [0.05, 0.1) is 11.5 Å². The molecule has 1 aliphatic heterocycles. The molecule has 2 amide bonds. The Kier molecular flexibility index (Phi) is 5.01. The van der Waals surface area contributed by atoms with Gasteiger partial charge in [-0.05, 0) is 25.2 Å². The van der Waals surface area contributed by atoms with Crippen molar-refractivity contribution in [3.63, 3.8) is 0 Å². The van der Waals surface area contributed by atoms with Crippen molar-refractivity contribution in [3.8, 4) is 0 Å². The molecule has 114 valence electrons. The molecule has 1 aliphatic carbocycles. The number of rotatable bonds is 3. The van der Waals surface area contributed by atoms with Gasteiger partial charge in [-0.1, -0.05) is 19.3 Å². The van der Waals surface area contributed by atoms with Crippen molar-refractivity contribution in [2.45, 2.75) is 44.9 Å². The highest BCUT2D eigenvalue weighted by atomic mass is 32.2. The first kappa shape index (κ1) is 15.3. The van der Waals surface area contributed by atoms with Crippen molar-refractivity contribution in [2.24, 2.45) is 11.8 Å². The Morgan fingerprint density at radius 2 is 1.70 bits per heavy atom. The molecule has 6 nitrogen and oxygen atoms in total. The Balaban J connectivity index is 1.68. The van der Waals surface area contributed by atoms with E-state index >= 15 is 0 Å². The summed E-state index contributed by atoms with van der Waals surface area (Å²) in [6.07, 6.45) is 5.74. The highest BCUT2D eigenvalue weighted by molar-refractivity contribution is 7.91. The average molecular weight is 302 g/mol. The fourth-order valence-corrected chi connectivity index (χ4v) is 4.81. The van der Waals surface area contributed by atoms with E-state index in [0.29, 0.717) is 6.42 Å². The molecule has 2 aliphatic rings. The van der Waals surface area contributed by atoms with Gasteiger partial charge in [0.25, 0.3) is 0 Å². The molecule has 2 N–H and O–H groups in total. The van der Waals surface area contributed by atoms with Crippen molar-refractivity contribution in [3.05, 3.63) is 0 Å². The fraction of sp³-hybridized carbons (Fsp3) is 0.846. The maximum Gasteiger partial charge on any atom is 0.241 e. The van der Waals surface area contributed by atoms with E-state index in [1.165, 1.54) is 6.42 Å². The maximum atomic E-state index is 11.8. The lowest BCUT2D eigenvalue weighted by Gasteiger charge is -2.21. The number of hydrazine groups is 1. The van der Waals surface area contributed by atoms with Crippen molar-refractivity contribution in [1.82, 2.24) is 10.9 Å². The topological polar surface area (TPSA) is 92.3 Å². The minimum absolute atomic E-state index is 0.00379. The quantitative estimate of drug-likeness (QED) is 0.744. The summed E-state index contributed by atoms with van der Waals surface area (Å²) >= 11 is 0. The molecule has 1 atom stereocenters. The van der Waals surface area contributed by atoms with Gasteiger partial charge in [0.2, 0.25) is 11.8 Å². The largest absolute Gasteiger partial charge is 0.273 e. The minimum atomic E-state index is -2.96. The van der Waals surface area contributed by atoms with Crippen LogP contribution in [-0.4, -0.2) is 31.7 Å². The van der Waals surface area contributed by atoms with E-state index in [0.717, 1.165) is 25.7 Å². The summed E-state index contributed by atoms with van der Waals surface area (Å²) in [5.41, 5.74) is 4.86. The van der Waals surface area contributed by atoms with Crippen molar-refractivity contribution in [1.29, 1.82) is 0 Å². The van der Waals surface area contributed by atoms with Crippen molar-refractivity contribution < 1.29 is 18.0 Å². The molecule has 1 saturated carbocycles. The number of sulfone groups is 1. The molecule has 1 heterocycles. The van der Waals surface area contributed by atoms with Gasteiger partial charge in [-0.3, -0.25) is 20.4 Å². The molecule has 1 saturated heterocycles. The zero-order chi connectivity index (χ0) is 14.6. The lowest BCUT2D eigenvalue weighted by Crippen LogP contribution is -2.45. The molecule has 0 aromatic rings. The van der Waals surface area contributed by atoms with Crippen LogP contribution in [0.3, 0.4) is 0 Å². The summed E-state index contributed by atoms with van der Waals surface area (Å²) in [5, 5.41) is 0. The monoisotopic (exact) mass is 302 g/mol. The second-order valence-corrected chi connectivity index (χ2v) is 8.07. The van der Waals surface area contributed by atoms with Gasteiger partial charge < -0.3 is 0 Å². The molecule has 0 radical (unpaired) electrons. The third-order valence-electron chi connectivity index (χ3n) is 4.10. The molecule has 7 heteroatoms. The minimum Gasteiger partial charge on any atom is -0.273 e. The predicted octanol–water partition coefficient (Wildman–Crippen LogP) is 0.539. The Morgan fingerprint density at radius 1 is 1.00 bits per heavy atom. The number of hydrogen-bond acceptors (Lipinski definition) is 4. The number of nitrogens with one attached hydrogen (secondary N) is 2. The Hall–Kier alpha value is -1.11. The third-order valence-corrected chi connectivity index (χ3v) is 5.94. The summed E-state index contributed by atoms with van der Waals surface area (Å²) in [7, 11) is -2.96. The highest BCUT2D eigenvalue weighted by Gasteiger charge is 2.29. The van der Waals surface area contributed by atoms with Crippen LogP contribution < -0.4 is 10.9 Å². The summed E-state index contributed by atoms with van der Waals surface area (Å²) in [4.78, 5) is 23.5. The highest BCUT2D eigenvalue weighted by Crippen LogP contribution is 2.23. The first-order valence-corrected chi connectivity index (χ1v) is 9.07. The molecule has 0 aromatic heterocycles. The van der Waals surface area contributed by atoms with Crippen LogP contribution in [0.1, 0.15) is 44.9 Å². The van der Waals surface area contributed by atoms with Crippen LogP contribution in [0.25, 0.3) is 0 Å². The molecule has 2 rings (SSSR count). The molecule has 2 fully saturated rings. The van der Waals surface area contributed by atoms with Gasteiger partial charge in [0, 0.05) is 12.3 Å². The lowest BCUT2D eigenvalue weighted by molar-refractivity contribution is -0.132. The molecule has 0 unspecified atom stereocenters. The van der Waals surface area contributed by atoms with Gasteiger partial charge in [-0.25, -0.2) is 8.42 Å². The second kappa shape index (κ2) is 6.56. The van der Waals surface area contributed by atoms with E-state index in [4.69, 9.17) is 0 Å². The molecule has 0 spiro atoms. The average Bonchev–Trinajstić information content (AvgIpc) is 2.76. The molecule has 0 aromatic carbocycles. The van der Waals surface area contributed by atoms with E-state index < -0.39 is 9.84 Å². The number of hydrogen-bond donors (Lipinski definition) is 2. The Labute approximate surface area is 119 Å². The normalized spacial score (nSPS) is 26.1. The van der Waals surface area contributed by atoms with Crippen LogP contribution in [-0.2, 0) is 19.4 Å². The SMILES string of the molecule is O=C(C[C@@H]1CCS(=O)(=O)C1)NNC(=O)C1CCCCC1. The van der Waals surface area contributed by atoms with Crippen LogP contribution in [0.5, 0.6) is 0 Å². The van der Waals surface area contributed by atoms with Gasteiger partial charge in [0.1, 0.15) is 0 Å². The van der Waals surface area contributed by atoms with E-state index in [1.807, 2.05) is 0 Å². The third kappa shape index (κ3) is 4.47. The van der Waals surface area contributed by atoms with Gasteiger partial charge in [0.15, 0.2) is 9.84 Å². The van der Waals surface area contributed by atoms with Crippen LogP contribution in [0.4, 0.5) is 0 Å². The van der Waals surface area contributed by atoms with Crippen LogP contribution >= 0.6 is 0 Å². The first-order chi connectivity index (χ1) is 9.46. The first-order valence-electron chi connectivity index (χ1n) is 7.25. The lowest BCUT2D eigenvalue weighted by atomic mass is 9.89. The number of amides is 2. The van der Waals surface area contributed by atoms with Crippen LogP contribution in [0.2, 0.25) is 0 Å². The predicted molar refractivity (Wildman–Crippen MR) is 74.2 cm³/mol. The molecular weight excluding hydrogens is 280 g/mol. The standard InChI is InChI=1S/C13H22N2O4S/c16-12(8-10-6-7-20(18,19)9-10)14-15-13(17)11-4-2-1-3-5-11/h10-11H,1-9H2,(H,14,16)(H,15,17)/t10-/m0/s1. The number of carbonyl (C=O) groups is 2. The van der Waals surface area contributed by atoms with Gasteiger partial charge in [-0.2, -0.15) is 0 Å². The van der Waals surface area contributed by atoms with Crippen LogP contribution in [0, 0.1) is 11.8 Å². The van der Waals surface area contributed by atoms with E-state index in [1.54, 1.807) is 0 Å². The van der Waals surface area contributed by atoms with Crippen molar-refractivity contribution >= 4 is 21.7 Å². The van der Waals surface area contributed by atoms with Crippen molar-refractivity contribution in [2.75, 3.05) is 11.5 Å². The Bertz CT molecular complexity index is 469. The second-order valence-electron chi connectivity index (χ2n) is 5.85. The van der Waals surface area contributed by atoms with Crippen LogP contribution in [0.15, 0.2) is 0 Å². The van der Waals surface area contributed by atoms with Gasteiger partial charge >= 0.3 is 0 Å². The van der Waals surface area contributed by atoms with E-state index in [-0.39, 0.29) is 41.6 Å². The summed E-state index contributed by atoms with van der Waals surface area (Å²) in [6, 6.07) is 0. The smallest absolute Gasteiger partial charge is 0.241 e.